The van der Waals surface area contributed by atoms with Gasteiger partial charge in [0, 0.05) is 0 Å². The summed E-state index contributed by atoms with van der Waals surface area (Å²) in [7, 11) is 0. The third-order valence-corrected chi connectivity index (χ3v) is 4.61. The van der Waals surface area contributed by atoms with Crippen LogP contribution in [0.4, 0.5) is 0 Å². The summed E-state index contributed by atoms with van der Waals surface area (Å²) in [5, 5.41) is 0. The van der Waals surface area contributed by atoms with Gasteiger partial charge in [-0.1, -0.05) is 51.4 Å². The summed E-state index contributed by atoms with van der Waals surface area (Å²) in [6, 6.07) is 2.52. The zero-order chi connectivity index (χ0) is 16.7. The summed E-state index contributed by atoms with van der Waals surface area (Å²) in [6.45, 7) is 6.33. The number of allylic oxidation sites excluding steroid dienone is 4. The van der Waals surface area contributed by atoms with Crippen LogP contribution in [0, 0.1) is 6.08 Å². The van der Waals surface area contributed by atoms with E-state index in [1.165, 1.54) is 60.1 Å². The molecule has 25 heavy (non-hydrogen) atoms. The van der Waals surface area contributed by atoms with Gasteiger partial charge in [0.15, 0.2) is 0 Å². The minimum atomic E-state index is 0. The van der Waals surface area contributed by atoms with Crippen LogP contribution in [0.25, 0.3) is 0 Å². The zero-order valence-corrected chi connectivity index (χ0v) is 19.8. The minimum Gasteiger partial charge on any atom is -1.00 e. The largest absolute Gasteiger partial charge is 1.00 e. The average molecular weight is 457 g/mol. The Labute approximate surface area is 182 Å². The fraction of sp³-hybridized carbons (Fsp3) is 0.545. The molecule has 138 valence electrons. The topological polar surface area (TPSA) is 0 Å². The van der Waals surface area contributed by atoms with Crippen molar-refractivity contribution in [3.63, 3.8) is 0 Å². The second-order valence-electron chi connectivity index (χ2n) is 7.07. The second kappa shape index (κ2) is 13.3. The van der Waals surface area contributed by atoms with Crippen molar-refractivity contribution in [1.29, 1.82) is 0 Å². The van der Waals surface area contributed by atoms with E-state index < -0.39 is 0 Å². The molecule has 0 saturated carbocycles. The number of halogens is 2. The molecule has 3 aliphatic rings. The van der Waals surface area contributed by atoms with E-state index in [1.54, 1.807) is 46.5 Å². The number of hydrogen-bond donors (Lipinski definition) is 0. The number of hydrogen-bond acceptors (Lipinski definition) is 0. The van der Waals surface area contributed by atoms with Crippen LogP contribution in [-0.2, 0) is 49.9 Å². The monoisotopic (exact) mass is 454 g/mol. The zero-order valence-electron chi connectivity index (χ0n) is 15.9. The van der Waals surface area contributed by atoms with Gasteiger partial charge in [-0.05, 0) is 0 Å². The summed E-state index contributed by atoms with van der Waals surface area (Å²) in [6.07, 6.45) is 19.4. The van der Waals surface area contributed by atoms with Crippen LogP contribution in [-0.4, -0.2) is 3.21 Å². The van der Waals surface area contributed by atoms with Gasteiger partial charge in [-0.25, -0.2) is 11.6 Å². The Hall–Kier alpha value is 0.163. The molecule has 0 radical (unpaired) electrons. The summed E-state index contributed by atoms with van der Waals surface area (Å²) in [5.41, 5.74) is 8.29. The molecule has 0 aromatic heterocycles. The van der Waals surface area contributed by atoms with Crippen LogP contribution < -0.4 is 24.8 Å². The normalized spacial score (nSPS) is 16.4. The molecule has 0 nitrogen and oxygen atoms in total. The molecule has 0 bridgehead atoms. The van der Waals surface area contributed by atoms with E-state index in [2.05, 4.69) is 39.0 Å². The van der Waals surface area contributed by atoms with Crippen molar-refractivity contribution in [2.45, 2.75) is 78.6 Å². The molecule has 1 aromatic rings. The first-order chi connectivity index (χ1) is 11.1. The van der Waals surface area contributed by atoms with Gasteiger partial charge in [0.05, 0.1) is 0 Å². The van der Waals surface area contributed by atoms with E-state index >= 15 is 0 Å². The fourth-order valence-corrected chi connectivity index (χ4v) is 3.57. The maximum atomic E-state index is 3.05. The third kappa shape index (κ3) is 8.59. The van der Waals surface area contributed by atoms with Crippen LogP contribution in [0.1, 0.15) is 75.1 Å². The standard InChI is InChI=1S/C13H17.C6H7.C3H6.2ClH.Zr/c1-3-7-12-10(5-1)9-11-6-2-4-8-13(11)12;1-6-4-2-3-5-6;1-3-2;;;/h9H,1-8H2;4-5H,2H2,1H3;1-2H3;2*1H;/q2*-1;;;;+2/p-2. The molecule has 0 N–H and O–H groups in total. The molecule has 0 unspecified atom stereocenters. The molecule has 0 aliphatic heterocycles. The van der Waals surface area contributed by atoms with Crippen LogP contribution in [0.3, 0.4) is 0 Å². The van der Waals surface area contributed by atoms with Crippen molar-refractivity contribution < 1.29 is 49.0 Å². The van der Waals surface area contributed by atoms with Crippen molar-refractivity contribution in [3.05, 3.63) is 52.1 Å². The summed E-state index contributed by atoms with van der Waals surface area (Å²) in [4.78, 5) is 0. The molecular formula is C22H30Cl2Zr-2. The van der Waals surface area contributed by atoms with Crippen molar-refractivity contribution in [3.8, 4) is 0 Å². The summed E-state index contributed by atoms with van der Waals surface area (Å²) in [5.74, 6) is 0. The Morgan fingerprint density at radius 1 is 0.920 bits per heavy atom. The molecule has 0 atom stereocenters. The molecule has 0 saturated heterocycles. The molecule has 4 rings (SSSR count). The van der Waals surface area contributed by atoms with Crippen LogP contribution in [0.2, 0.25) is 0 Å². The van der Waals surface area contributed by atoms with Gasteiger partial charge in [-0.2, -0.15) is 34.4 Å². The van der Waals surface area contributed by atoms with Gasteiger partial charge in [-0.15, -0.1) is 13.3 Å². The Bertz CT molecular complexity index is 556. The summed E-state index contributed by atoms with van der Waals surface area (Å²) < 4.78 is 1.51. The fourth-order valence-electron chi connectivity index (χ4n) is 3.57. The number of rotatable bonds is 0. The number of fused-ring (bicyclic) bond motifs is 3. The SMILES string of the molecule is CC1=CC[C-]=C1.C[C](C)=[Zr+2].[Cl-].[Cl-].[cH-]1c2c(c3c1CCCC3)CCCC2. The van der Waals surface area contributed by atoms with Gasteiger partial charge in [0.1, 0.15) is 0 Å². The Balaban J connectivity index is 0.000000410. The predicted molar refractivity (Wildman–Crippen MR) is 97.9 cm³/mol. The molecule has 1 aromatic carbocycles. The summed E-state index contributed by atoms with van der Waals surface area (Å²) >= 11 is 1.55. The van der Waals surface area contributed by atoms with Gasteiger partial charge >= 0.3 is 41.3 Å². The molecule has 0 spiro atoms. The molecule has 0 heterocycles. The van der Waals surface area contributed by atoms with E-state index in [0.29, 0.717) is 0 Å². The van der Waals surface area contributed by atoms with Crippen LogP contribution >= 0.6 is 0 Å². The molecular weight excluding hydrogens is 426 g/mol. The van der Waals surface area contributed by atoms with E-state index in [-0.39, 0.29) is 24.8 Å². The first kappa shape index (κ1) is 25.2. The Morgan fingerprint density at radius 2 is 1.36 bits per heavy atom. The quantitative estimate of drug-likeness (QED) is 0.467. The minimum absolute atomic E-state index is 0. The van der Waals surface area contributed by atoms with Crippen LogP contribution in [0.5, 0.6) is 0 Å². The van der Waals surface area contributed by atoms with Gasteiger partial charge < -0.3 is 24.8 Å². The maximum absolute atomic E-state index is 3.05. The first-order valence-corrected chi connectivity index (χ1v) is 10.3. The smallest absolute Gasteiger partial charge is 0.0512 e. The Kier molecular flexibility index (Phi) is 13.4. The van der Waals surface area contributed by atoms with Gasteiger partial charge in [-0.3, -0.25) is 6.08 Å². The van der Waals surface area contributed by atoms with Gasteiger partial charge in [0.25, 0.3) is 0 Å². The van der Waals surface area contributed by atoms with E-state index in [0.717, 1.165) is 6.42 Å². The molecule has 0 fully saturated rings. The van der Waals surface area contributed by atoms with Crippen molar-refractivity contribution in [1.82, 2.24) is 0 Å². The van der Waals surface area contributed by atoms with Crippen molar-refractivity contribution in [2.75, 3.05) is 0 Å². The number of aryl methyl sites for hydroxylation is 2. The Morgan fingerprint density at radius 3 is 1.68 bits per heavy atom. The predicted octanol–water partition coefficient (Wildman–Crippen LogP) is -0.388. The van der Waals surface area contributed by atoms with Crippen molar-refractivity contribution >= 4 is 3.21 Å². The molecule has 3 heteroatoms. The van der Waals surface area contributed by atoms with Gasteiger partial charge in [0.2, 0.25) is 0 Å². The van der Waals surface area contributed by atoms with E-state index in [4.69, 9.17) is 0 Å². The average Bonchev–Trinajstić information content (AvgIpc) is 3.13. The van der Waals surface area contributed by atoms with Crippen molar-refractivity contribution in [2.24, 2.45) is 0 Å². The third-order valence-electron chi connectivity index (χ3n) is 4.61. The second-order valence-corrected chi connectivity index (χ2v) is 9.52. The van der Waals surface area contributed by atoms with E-state index in [1.807, 2.05) is 6.08 Å². The maximum Gasteiger partial charge on any atom is -0.0512 e. The van der Waals surface area contributed by atoms with E-state index in [9.17, 15) is 0 Å². The first-order valence-electron chi connectivity index (χ1n) is 9.12. The molecule has 3 aliphatic carbocycles. The van der Waals surface area contributed by atoms with Crippen LogP contribution in [0.15, 0.2) is 23.8 Å². The molecule has 0 amide bonds.